The summed E-state index contributed by atoms with van der Waals surface area (Å²) in [6.45, 7) is 0. The molecule has 0 radical (unpaired) electrons. The molecule has 1 saturated heterocycles. The van der Waals surface area contributed by atoms with Crippen molar-refractivity contribution in [3.05, 3.63) is 40.4 Å². The molecule has 1 aromatic carbocycles. The second-order valence-corrected chi connectivity index (χ2v) is 6.45. The van der Waals surface area contributed by atoms with E-state index in [1.165, 1.54) is 4.90 Å². The molecule has 5 heteroatoms. The van der Waals surface area contributed by atoms with Crippen LogP contribution in [0.25, 0.3) is 0 Å². The zero-order valence-corrected chi connectivity index (χ0v) is 11.9. The lowest BCUT2D eigenvalue weighted by Gasteiger charge is -2.18. The summed E-state index contributed by atoms with van der Waals surface area (Å²) in [4.78, 5) is 26.5. The first-order valence-electron chi connectivity index (χ1n) is 6.59. The monoisotopic (exact) mass is 307 g/mol. The molecular weight excluding hydrogens is 297 g/mol. The third-order valence-corrected chi connectivity index (χ3v) is 5.16. The molecule has 1 aromatic rings. The maximum absolute atomic E-state index is 12.6. The van der Waals surface area contributed by atoms with Gasteiger partial charge in [-0.3, -0.25) is 9.59 Å². The number of nitrogens with zero attached hydrogens (tertiary/aromatic N) is 1. The van der Waals surface area contributed by atoms with Crippen LogP contribution in [0.15, 0.2) is 30.4 Å². The van der Waals surface area contributed by atoms with Crippen LogP contribution in [0.2, 0.25) is 10.0 Å². The van der Waals surface area contributed by atoms with Crippen molar-refractivity contribution in [2.24, 2.45) is 23.7 Å². The van der Waals surface area contributed by atoms with Gasteiger partial charge in [-0.1, -0.05) is 35.4 Å². The minimum absolute atomic E-state index is 0.124. The molecule has 1 saturated carbocycles. The Morgan fingerprint density at radius 3 is 2.15 bits per heavy atom. The first-order chi connectivity index (χ1) is 9.58. The molecule has 3 aliphatic rings. The van der Waals surface area contributed by atoms with E-state index in [2.05, 4.69) is 12.2 Å². The third-order valence-electron chi connectivity index (χ3n) is 4.62. The van der Waals surface area contributed by atoms with Crippen molar-refractivity contribution in [3.63, 3.8) is 0 Å². The molecule has 2 amide bonds. The van der Waals surface area contributed by atoms with Crippen molar-refractivity contribution in [1.29, 1.82) is 0 Å². The van der Waals surface area contributed by atoms with Gasteiger partial charge in [0.2, 0.25) is 11.8 Å². The fourth-order valence-electron chi connectivity index (χ4n) is 3.80. The molecular formula is C15H11Cl2NO2. The lowest BCUT2D eigenvalue weighted by atomic mass is 9.85. The Hall–Kier alpha value is -1.32. The van der Waals surface area contributed by atoms with Crippen molar-refractivity contribution >= 4 is 40.7 Å². The van der Waals surface area contributed by atoms with E-state index in [1.54, 1.807) is 18.2 Å². The predicted molar refractivity (Wildman–Crippen MR) is 76.7 cm³/mol. The smallest absolute Gasteiger partial charge is 0.238 e. The maximum Gasteiger partial charge on any atom is 0.238 e. The number of allylic oxidation sites excluding steroid dienone is 2. The van der Waals surface area contributed by atoms with Crippen LogP contribution >= 0.6 is 23.2 Å². The molecule has 2 bridgehead atoms. The van der Waals surface area contributed by atoms with E-state index in [0.29, 0.717) is 15.7 Å². The van der Waals surface area contributed by atoms with Gasteiger partial charge < -0.3 is 0 Å². The van der Waals surface area contributed by atoms with Gasteiger partial charge in [0.15, 0.2) is 0 Å². The molecule has 4 rings (SSSR count). The molecule has 0 unspecified atom stereocenters. The van der Waals surface area contributed by atoms with E-state index in [0.717, 1.165) is 6.42 Å². The van der Waals surface area contributed by atoms with Gasteiger partial charge in [-0.25, -0.2) is 4.90 Å². The van der Waals surface area contributed by atoms with Gasteiger partial charge in [0.1, 0.15) is 0 Å². The van der Waals surface area contributed by atoms with Gasteiger partial charge in [-0.2, -0.15) is 0 Å². The summed E-state index contributed by atoms with van der Waals surface area (Å²) in [6, 6.07) is 4.83. The van der Waals surface area contributed by atoms with Gasteiger partial charge >= 0.3 is 0 Å². The van der Waals surface area contributed by atoms with Gasteiger partial charge in [0.25, 0.3) is 0 Å². The molecule has 3 nitrogen and oxygen atoms in total. The van der Waals surface area contributed by atoms with Crippen molar-refractivity contribution < 1.29 is 9.59 Å². The van der Waals surface area contributed by atoms with Gasteiger partial charge in [0.05, 0.1) is 22.5 Å². The number of anilines is 1. The number of hydrogen-bond donors (Lipinski definition) is 0. The SMILES string of the molecule is O=C1[C@H]2[C@H](C(=O)N1c1ccc(Cl)cc1Cl)[C@H]1C=C[C@H]2C1. The van der Waals surface area contributed by atoms with Crippen molar-refractivity contribution in [1.82, 2.24) is 0 Å². The van der Waals surface area contributed by atoms with Crippen LogP contribution in [0.5, 0.6) is 0 Å². The van der Waals surface area contributed by atoms with Gasteiger partial charge in [0, 0.05) is 5.02 Å². The fraction of sp³-hybridized carbons (Fsp3) is 0.333. The molecule has 20 heavy (non-hydrogen) atoms. The normalized spacial score (nSPS) is 34.2. The van der Waals surface area contributed by atoms with Crippen LogP contribution in [0.3, 0.4) is 0 Å². The Morgan fingerprint density at radius 1 is 1.00 bits per heavy atom. The highest BCUT2D eigenvalue weighted by molar-refractivity contribution is 6.38. The minimum Gasteiger partial charge on any atom is -0.274 e. The van der Waals surface area contributed by atoms with Crippen molar-refractivity contribution in [3.8, 4) is 0 Å². The number of carbonyl (C=O) groups is 2. The Labute approximate surface area is 126 Å². The summed E-state index contributed by atoms with van der Waals surface area (Å²) < 4.78 is 0. The summed E-state index contributed by atoms with van der Waals surface area (Å²) in [5.74, 6) is -0.245. The van der Waals surface area contributed by atoms with Gasteiger partial charge in [-0.15, -0.1) is 0 Å². The molecule has 2 aliphatic carbocycles. The number of halogens is 2. The minimum atomic E-state index is -0.204. The quantitative estimate of drug-likeness (QED) is 0.589. The van der Waals surface area contributed by atoms with E-state index in [4.69, 9.17) is 23.2 Å². The molecule has 0 aromatic heterocycles. The summed E-state index contributed by atoms with van der Waals surface area (Å²) in [6.07, 6.45) is 5.07. The van der Waals surface area contributed by atoms with E-state index >= 15 is 0 Å². The molecule has 0 spiro atoms. The zero-order valence-electron chi connectivity index (χ0n) is 10.4. The largest absolute Gasteiger partial charge is 0.274 e. The van der Waals surface area contributed by atoms with E-state index in [1.807, 2.05) is 0 Å². The average molecular weight is 308 g/mol. The summed E-state index contributed by atoms with van der Waals surface area (Å²) >= 11 is 12.0. The Kier molecular flexibility index (Phi) is 2.54. The zero-order chi connectivity index (χ0) is 14.0. The highest BCUT2D eigenvalue weighted by Crippen LogP contribution is 2.53. The second-order valence-electron chi connectivity index (χ2n) is 5.61. The van der Waals surface area contributed by atoms with Crippen LogP contribution in [0.1, 0.15) is 6.42 Å². The maximum atomic E-state index is 12.6. The lowest BCUT2D eigenvalue weighted by Crippen LogP contribution is -2.33. The van der Waals surface area contributed by atoms with E-state index in [9.17, 15) is 9.59 Å². The van der Waals surface area contributed by atoms with Gasteiger partial charge in [-0.05, 0) is 36.5 Å². The first kappa shape index (κ1) is 12.4. The summed E-state index contributed by atoms with van der Waals surface area (Å²) in [7, 11) is 0. The van der Waals surface area contributed by atoms with Crippen LogP contribution in [0, 0.1) is 23.7 Å². The van der Waals surface area contributed by atoms with Crippen LogP contribution in [-0.2, 0) is 9.59 Å². The van der Waals surface area contributed by atoms with Crippen molar-refractivity contribution in [2.75, 3.05) is 4.90 Å². The van der Waals surface area contributed by atoms with E-state index in [-0.39, 0.29) is 35.5 Å². The second kappa shape index (κ2) is 4.09. The molecule has 1 aliphatic heterocycles. The highest BCUT2D eigenvalue weighted by atomic mass is 35.5. The predicted octanol–water partition coefficient (Wildman–Crippen LogP) is 3.30. The fourth-order valence-corrected chi connectivity index (χ4v) is 4.30. The summed E-state index contributed by atoms with van der Waals surface area (Å²) in [5.41, 5.74) is 0.444. The first-order valence-corrected chi connectivity index (χ1v) is 7.34. The third kappa shape index (κ3) is 1.48. The number of amides is 2. The number of fused-ring (bicyclic) bond motifs is 5. The topological polar surface area (TPSA) is 37.4 Å². The number of carbonyl (C=O) groups excluding carboxylic acids is 2. The highest BCUT2D eigenvalue weighted by Gasteiger charge is 2.59. The van der Waals surface area contributed by atoms with E-state index < -0.39 is 0 Å². The van der Waals surface area contributed by atoms with Crippen molar-refractivity contribution in [2.45, 2.75) is 6.42 Å². The number of hydrogen-bond acceptors (Lipinski definition) is 2. The van der Waals surface area contributed by atoms with Crippen LogP contribution < -0.4 is 4.90 Å². The number of rotatable bonds is 1. The molecule has 1 heterocycles. The average Bonchev–Trinajstić information content (AvgIpc) is 3.06. The molecule has 2 fully saturated rings. The summed E-state index contributed by atoms with van der Waals surface area (Å²) in [5, 5.41) is 0.819. The number of imide groups is 1. The Bertz CT molecular complexity index is 640. The molecule has 4 atom stereocenters. The van der Waals surface area contributed by atoms with Crippen LogP contribution in [0.4, 0.5) is 5.69 Å². The molecule has 0 N–H and O–H groups in total. The molecule has 102 valence electrons. The standard InChI is InChI=1S/C15H11Cl2NO2/c16-9-3-4-11(10(17)6-9)18-14(19)12-7-1-2-8(5-7)13(12)15(18)20/h1-4,6-8,12-13H,5H2/t7-,8-,12+,13+/m0/s1. The lowest BCUT2D eigenvalue weighted by molar-refractivity contribution is -0.123. The Balaban J connectivity index is 1.78. The van der Waals surface area contributed by atoms with Crippen LogP contribution in [-0.4, -0.2) is 11.8 Å². The Morgan fingerprint density at radius 2 is 1.60 bits per heavy atom. The number of benzene rings is 1.